The molecule has 0 atom stereocenters. The fourth-order valence-electron chi connectivity index (χ4n) is 2.98. The number of aliphatic hydroxyl groups excluding tert-OH is 1. The first-order valence-corrected chi connectivity index (χ1v) is 10.3. The van der Waals surface area contributed by atoms with Crippen molar-refractivity contribution in [1.29, 1.82) is 0 Å². The van der Waals surface area contributed by atoms with E-state index in [9.17, 15) is 9.59 Å². The number of amides is 1. The molecule has 31 heavy (non-hydrogen) atoms. The molecule has 0 radical (unpaired) electrons. The minimum Gasteiger partial charge on any atom is -0.497 e. The van der Waals surface area contributed by atoms with Crippen LogP contribution >= 0.6 is 0 Å². The summed E-state index contributed by atoms with van der Waals surface area (Å²) in [6, 6.07) is 12.9. The van der Waals surface area contributed by atoms with E-state index in [0.29, 0.717) is 30.0 Å². The lowest BCUT2D eigenvalue weighted by Gasteiger charge is -2.06. The number of hydrogen-bond acceptors (Lipinski definition) is 6. The lowest BCUT2D eigenvalue weighted by Crippen LogP contribution is -2.25. The van der Waals surface area contributed by atoms with Crippen LogP contribution in [-0.4, -0.2) is 56.9 Å². The van der Waals surface area contributed by atoms with Gasteiger partial charge in [0.1, 0.15) is 18.0 Å². The SMILES string of the molecule is COc1cc(C=NCC(=O)c2ccc(CCCCC(=O)NCCO)cc2)cc(OC)c1. The van der Waals surface area contributed by atoms with E-state index in [0.717, 1.165) is 30.4 Å². The number of ether oxygens (including phenoxy) is 2. The molecule has 7 heteroatoms. The van der Waals surface area contributed by atoms with E-state index in [1.54, 1.807) is 26.5 Å². The Morgan fingerprint density at radius 1 is 1.03 bits per heavy atom. The Kier molecular flexibility index (Phi) is 10.2. The van der Waals surface area contributed by atoms with Crippen LogP contribution < -0.4 is 14.8 Å². The van der Waals surface area contributed by atoms with E-state index < -0.39 is 0 Å². The van der Waals surface area contributed by atoms with Gasteiger partial charge in [-0.2, -0.15) is 0 Å². The molecule has 0 aliphatic rings. The molecule has 1 amide bonds. The summed E-state index contributed by atoms with van der Waals surface area (Å²) >= 11 is 0. The Labute approximate surface area is 183 Å². The van der Waals surface area contributed by atoms with Crippen molar-refractivity contribution in [1.82, 2.24) is 5.32 Å². The van der Waals surface area contributed by atoms with E-state index in [1.165, 1.54) is 0 Å². The smallest absolute Gasteiger partial charge is 0.220 e. The maximum atomic E-state index is 12.4. The first kappa shape index (κ1) is 24.1. The van der Waals surface area contributed by atoms with Crippen LogP contribution in [-0.2, 0) is 11.2 Å². The van der Waals surface area contributed by atoms with Crippen molar-refractivity contribution in [2.24, 2.45) is 4.99 Å². The highest BCUT2D eigenvalue weighted by molar-refractivity contribution is 5.98. The first-order valence-electron chi connectivity index (χ1n) is 10.3. The zero-order chi connectivity index (χ0) is 22.5. The molecule has 0 saturated heterocycles. The summed E-state index contributed by atoms with van der Waals surface area (Å²) < 4.78 is 10.5. The molecule has 0 saturated carbocycles. The van der Waals surface area contributed by atoms with Gasteiger partial charge in [-0.15, -0.1) is 0 Å². The Balaban J connectivity index is 1.80. The van der Waals surface area contributed by atoms with Gasteiger partial charge in [0.2, 0.25) is 5.91 Å². The second-order valence-electron chi connectivity index (χ2n) is 7.02. The normalized spacial score (nSPS) is 10.8. The average Bonchev–Trinajstić information content (AvgIpc) is 2.80. The number of ketones is 1. The number of carbonyl (C=O) groups excluding carboxylic acids is 2. The van der Waals surface area contributed by atoms with Gasteiger partial charge in [0, 0.05) is 30.8 Å². The summed E-state index contributed by atoms with van der Waals surface area (Å²) in [6.45, 7) is 0.311. The third-order valence-electron chi connectivity index (χ3n) is 4.68. The third-order valence-corrected chi connectivity index (χ3v) is 4.68. The second-order valence-corrected chi connectivity index (χ2v) is 7.02. The van der Waals surface area contributed by atoms with E-state index in [-0.39, 0.29) is 24.8 Å². The van der Waals surface area contributed by atoms with Crippen molar-refractivity contribution in [3.05, 3.63) is 59.2 Å². The van der Waals surface area contributed by atoms with Crippen LogP contribution in [0.5, 0.6) is 11.5 Å². The Morgan fingerprint density at radius 2 is 1.71 bits per heavy atom. The van der Waals surface area contributed by atoms with Crippen molar-refractivity contribution in [3.8, 4) is 11.5 Å². The van der Waals surface area contributed by atoms with Crippen molar-refractivity contribution in [2.75, 3.05) is 33.9 Å². The van der Waals surface area contributed by atoms with Crippen LogP contribution in [0.25, 0.3) is 0 Å². The number of aryl methyl sites for hydroxylation is 1. The summed E-state index contributed by atoms with van der Waals surface area (Å²) in [5.74, 6) is 1.23. The summed E-state index contributed by atoms with van der Waals surface area (Å²) in [4.78, 5) is 28.1. The molecule has 0 spiro atoms. The standard InChI is InChI=1S/C24H30N2O5/c1-30-21-13-19(14-22(15-21)31-2)16-25-17-23(28)20-9-7-18(8-10-20)5-3-4-6-24(29)26-11-12-27/h7-10,13-16,27H,3-6,11-12,17H2,1-2H3,(H,26,29). The third kappa shape index (κ3) is 8.60. The number of aliphatic hydroxyl groups is 1. The molecule has 2 rings (SSSR count). The predicted molar refractivity (Wildman–Crippen MR) is 120 cm³/mol. The monoisotopic (exact) mass is 426 g/mol. The molecule has 0 bridgehead atoms. The lowest BCUT2D eigenvalue weighted by molar-refractivity contribution is -0.121. The number of carbonyl (C=O) groups is 2. The Morgan fingerprint density at radius 3 is 2.32 bits per heavy atom. The second kappa shape index (κ2) is 13.2. The zero-order valence-corrected chi connectivity index (χ0v) is 18.1. The fraction of sp³-hybridized carbons (Fsp3) is 0.375. The van der Waals surface area contributed by atoms with Crippen LogP contribution in [0.1, 0.15) is 40.7 Å². The van der Waals surface area contributed by atoms with Crippen LogP contribution in [0, 0.1) is 0 Å². The summed E-state index contributed by atoms with van der Waals surface area (Å²) in [5.41, 5.74) is 2.54. The molecule has 0 heterocycles. The van der Waals surface area contributed by atoms with Crippen LogP contribution in [0.4, 0.5) is 0 Å². The van der Waals surface area contributed by atoms with E-state index in [4.69, 9.17) is 14.6 Å². The molecule has 2 aromatic rings. The van der Waals surface area contributed by atoms with Gasteiger partial charge in [-0.25, -0.2) is 0 Å². The molecule has 0 aliphatic carbocycles. The summed E-state index contributed by atoms with van der Waals surface area (Å²) in [6.07, 6.45) is 4.59. The van der Waals surface area contributed by atoms with Crippen molar-refractivity contribution in [3.63, 3.8) is 0 Å². The fourth-order valence-corrected chi connectivity index (χ4v) is 2.98. The molecule has 7 nitrogen and oxygen atoms in total. The van der Waals surface area contributed by atoms with E-state index in [2.05, 4.69) is 10.3 Å². The molecule has 0 unspecified atom stereocenters. The number of methoxy groups -OCH3 is 2. The van der Waals surface area contributed by atoms with Gasteiger partial charge < -0.3 is 19.9 Å². The number of hydrogen-bond donors (Lipinski definition) is 2. The number of unbranched alkanes of at least 4 members (excludes halogenated alkanes) is 1. The zero-order valence-electron chi connectivity index (χ0n) is 18.1. The van der Waals surface area contributed by atoms with E-state index in [1.807, 2.05) is 36.4 Å². The quantitative estimate of drug-likeness (QED) is 0.292. The van der Waals surface area contributed by atoms with Crippen molar-refractivity contribution in [2.45, 2.75) is 25.7 Å². The maximum absolute atomic E-state index is 12.4. The van der Waals surface area contributed by atoms with Crippen LogP contribution in [0.2, 0.25) is 0 Å². The Hall–Kier alpha value is -3.19. The molecule has 0 aromatic heterocycles. The van der Waals surface area contributed by atoms with Crippen LogP contribution in [0.15, 0.2) is 47.5 Å². The number of nitrogens with zero attached hydrogens (tertiary/aromatic N) is 1. The van der Waals surface area contributed by atoms with Crippen molar-refractivity contribution >= 4 is 17.9 Å². The first-order chi connectivity index (χ1) is 15.0. The number of benzene rings is 2. The highest BCUT2D eigenvalue weighted by Gasteiger charge is 2.06. The van der Waals surface area contributed by atoms with Gasteiger partial charge in [0.25, 0.3) is 0 Å². The predicted octanol–water partition coefficient (Wildman–Crippen LogP) is 2.83. The number of nitrogens with one attached hydrogen (secondary N) is 1. The maximum Gasteiger partial charge on any atom is 0.220 e. The highest BCUT2D eigenvalue weighted by Crippen LogP contribution is 2.21. The minimum absolute atomic E-state index is 0.0389. The van der Waals surface area contributed by atoms with Gasteiger partial charge in [0.15, 0.2) is 5.78 Å². The van der Waals surface area contributed by atoms with Crippen LogP contribution in [0.3, 0.4) is 0 Å². The molecule has 2 aromatic carbocycles. The van der Waals surface area contributed by atoms with Gasteiger partial charge in [-0.1, -0.05) is 24.3 Å². The lowest BCUT2D eigenvalue weighted by atomic mass is 10.0. The van der Waals surface area contributed by atoms with E-state index >= 15 is 0 Å². The molecule has 2 N–H and O–H groups in total. The summed E-state index contributed by atoms with van der Waals surface area (Å²) in [5, 5.41) is 11.3. The number of Topliss-reactive ketones (excluding diaryl/α,β-unsaturated/α-hetero) is 1. The van der Waals surface area contributed by atoms with Gasteiger partial charge in [-0.3, -0.25) is 14.6 Å². The molecule has 166 valence electrons. The minimum atomic E-state index is -0.0572. The summed E-state index contributed by atoms with van der Waals surface area (Å²) in [7, 11) is 3.16. The average molecular weight is 427 g/mol. The van der Waals surface area contributed by atoms with Crippen molar-refractivity contribution < 1.29 is 24.2 Å². The topological polar surface area (TPSA) is 97.2 Å². The Bertz CT molecular complexity index is 856. The highest BCUT2D eigenvalue weighted by atomic mass is 16.5. The van der Waals surface area contributed by atoms with Gasteiger partial charge in [0.05, 0.1) is 20.8 Å². The number of rotatable bonds is 13. The molecule has 0 fully saturated rings. The largest absolute Gasteiger partial charge is 0.497 e. The van der Waals surface area contributed by atoms with Gasteiger partial charge >= 0.3 is 0 Å². The number of aliphatic imine (C=N–C) groups is 1. The van der Waals surface area contributed by atoms with Gasteiger partial charge in [-0.05, 0) is 42.5 Å². The molecule has 0 aliphatic heterocycles. The molecular formula is C24H30N2O5. The molecular weight excluding hydrogens is 396 g/mol.